The molecule has 2 aromatic heterocycles. The number of alkyl halides is 1. The number of halogens is 1. The lowest BCUT2D eigenvalue weighted by Crippen LogP contribution is -2.25. The lowest BCUT2D eigenvalue weighted by atomic mass is 10.2. The molecule has 0 aliphatic rings. The predicted molar refractivity (Wildman–Crippen MR) is 109 cm³/mol. The highest BCUT2D eigenvalue weighted by Gasteiger charge is 2.16. The Bertz CT molecular complexity index is 1080. The molecule has 0 aliphatic carbocycles. The Morgan fingerprint density at radius 1 is 1.30 bits per heavy atom. The zero-order valence-corrected chi connectivity index (χ0v) is 16.9. The maximum atomic E-state index is 12.4. The molecule has 3 rings (SSSR count). The van der Waals surface area contributed by atoms with Gasteiger partial charge in [0, 0.05) is 12.8 Å². The molecule has 0 aliphatic heterocycles. The molecular formula is C19H20ClN5O5. The van der Waals surface area contributed by atoms with Crippen LogP contribution in [-0.4, -0.2) is 50.0 Å². The van der Waals surface area contributed by atoms with Gasteiger partial charge in [0.15, 0.2) is 11.2 Å². The molecule has 1 atom stereocenters. The number of H-pyrrole nitrogens is 1. The smallest absolute Gasteiger partial charge is 0.338 e. The van der Waals surface area contributed by atoms with Crippen LogP contribution in [0.3, 0.4) is 0 Å². The van der Waals surface area contributed by atoms with E-state index in [1.165, 1.54) is 17.8 Å². The summed E-state index contributed by atoms with van der Waals surface area (Å²) in [4.78, 5) is 46.2. The van der Waals surface area contributed by atoms with Crippen molar-refractivity contribution < 1.29 is 19.1 Å². The molecule has 0 spiro atoms. The van der Waals surface area contributed by atoms with E-state index >= 15 is 0 Å². The number of imidazole rings is 1. The number of anilines is 1. The average Bonchev–Trinajstić information content (AvgIpc) is 3.13. The number of rotatable bonds is 9. The second-order valence-corrected chi connectivity index (χ2v) is 6.72. The minimum Gasteiger partial charge on any atom is -0.459 e. The van der Waals surface area contributed by atoms with Gasteiger partial charge in [-0.05, 0) is 18.6 Å². The van der Waals surface area contributed by atoms with Crippen LogP contribution in [0.5, 0.6) is 0 Å². The highest BCUT2D eigenvalue weighted by atomic mass is 35.5. The SMILES string of the molecule is CC(=O)Nc1nc2ncn(COC(CCCl)COC(=O)c3ccccc3)c2c(=O)[nH]1. The van der Waals surface area contributed by atoms with E-state index in [4.69, 9.17) is 21.1 Å². The number of benzene rings is 1. The Morgan fingerprint density at radius 3 is 2.77 bits per heavy atom. The fourth-order valence-electron chi connectivity index (χ4n) is 2.66. The zero-order valence-electron chi connectivity index (χ0n) is 16.1. The molecule has 1 aromatic carbocycles. The van der Waals surface area contributed by atoms with Gasteiger partial charge in [-0.1, -0.05) is 18.2 Å². The molecule has 0 saturated carbocycles. The Kier molecular flexibility index (Phi) is 7.15. The number of hydrogen-bond acceptors (Lipinski definition) is 7. The van der Waals surface area contributed by atoms with Crippen LogP contribution in [0.2, 0.25) is 0 Å². The van der Waals surface area contributed by atoms with E-state index in [1.807, 2.05) is 0 Å². The van der Waals surface area contributed by atoms with Gasteiger partial charge in [0.2, 0.25) is 11.9 Å². The number of hydrogen-bond donors (Lipinski definition) is 2. The van der Waals surface area contributed by atoms with E-state index in [-0.39, 0.29) is 36.4 Å². The number of nitrogens with zero attached hydrogens (tertiary/aromatic N) is 3. The molecule has 0 fully saturated rings. The quantitative estimate of drug-likeness (QED) is 0.389. The standard InChI is InChI=1S/C19H20ClN5O5/c1-12(26)22-19-23-16-15(17(27)24-19)25(10-21-16)11-30-14(7-8-20)9-29-18(28)13-5-3-2-4-6-13/h2-6,10,14H,7-9,11H2,1H3,(H2,22,23,24,26,27). The largest absolute Gasteiger partial charge is 0.459 e. The van der Waals surface area contributed by atoms with Crippen molar-refractivity contribution in [2.75, 3.05) is 17.8 Å². The summed E-state index contributed by atoms with van der Waals surface area (Å²) in [7, 11) is 0. The van der Waals surface area contributed by atoms with Crippen LogP contribution in [-0.2, 0) is 21.0 Å². The summed E-state index contributed by atoms with van der Waals surface area (Å²) in [5.74, 6) is -0.508. The summed E-state index contributed by atoms with van der Waals surface area (Å²) in [5.41, 5.74) is 0.315. The minimum absolute atomic E-state index is 0.00830. The molecule has 1 amide bonds. The fourth-order valence-corrected chi connectivity index (χ4v) is 2.90. The molecule has 2 N–H and O–H groups in total. The van der Waals surface area contributed by atoms with Gasteiger partial charge in [-0.25, -0.2) is 9.78 Å². The lowest BCUT2D eigenvalue weighted by molar-refractivity contribution is -0.114. The van der Waals surface area contributed by atoms with E-state index in [9.17, 15) is 14.4 Å². The molecule has 158 valence electrons. The Morgan fingerprint density at radius 2 is 2.07 bits per heavy atom. The second kappa shape index (κ2) is 9.99. The molecule has 0 bridgehead atoms. The third kappa shape index (κ3) is 5.43. The molecule has 0 saturated heterocycles. The molecule has 3 aromatic rings. The van der Waals surface area contributed by atoms with Crippen LogP contribution < -0.4 is 10.9 Å². The molecule has 0 radical (unpaired) electrons. The van der Waals surface area contributed by atoms with Gasteiger partial charge < -0.3 is 14.0 Å². The van der Waals surface area contributed by atoms with E-state index in [2.05, 4.69) is 20.3 Å². The van der Waals surface area contributed by atoms with Crippen molar-refractivity contribution in [3.63, 3.8) is 0 Å². The highest BCUT2D eigenvalue weighted by molar-refractivity contribution is 6.17. The zero-order chi connectivity index (χ0) is 21.5. The first-order valence-corrected chi connectivity index (χ1v) is 9.64. The summed E-state index contributed by atoms with van der Waals surface area (Å²) in [6.07, 6.45) is 1.37. The predicted octanol–water partition coefficient (Wildman–Crippen LogP) is 1.91. The summed E-state index contributed by atoms with van der Waals surface area (Å²) in [5, 5.41) is 2.41. The van der Waals surface area contributed by atoms with E-state index in [1.54, 1.807) is 30.3 Å². The van der Waals surface area contributed by atoms with Crippen molar-refractivity contribution in [2.45, 2.75) is 26.2 Å². The molecular weight excluding hydrogens is 414 g/mol. The number of esters is 1. The van der Waals surface area contributed by atoms with Crippen molar-refractivity contribution in [3.8, 4) is 0 Å². The maximum Gasteiger partial charge on any atom is 0.338 e. The summed E-state index contributed by atoms with van der Waals surface area (Å²) < 4.78 is 12.6. The van der Waals surface area contributed by atoms with Crippen molar-refractivity contribution in [1.29, 1.82) is 0 Å². The minimum atomic E-state index is -0.478. The number of aromatic nitrogens is 4. The molecule has 2 heterocycles. The number of ether oxygens (including phenoxy) is 2. The van der Waals surface area contributed by atoms with Gasteiger partial charge >= 0.3 is 5.97 Å². The Labute approximate surface area is 176 Å². The van der Waals surface area contributed by atoms with E-state index in [0.717, 1.165) is 0 Å². The first kappa shape index (κ1) is 21.5. The maximum absolute atomic E-state index is 12.4. The highest BCUT2D eigenvalue weighted by Crippen LogP contribution is 2.11. The second-order valence-electron chi connectivity index (χ2n) is 6.34. The first-order chi connectivity index (χ1) is 14.5. The fraction of sp³-hybridized carbons (Fsp3) is 0.316. The van der Waals surface area contributed by atoms with Gasteiger partial charge in [0.05, 0.1) is 18.0 Å². The third-order valence-corrected chi connectivity index (χ3v) is 4.29. The topological polar surface area (TPSA) is 128 Å². The number of amides is 1. The number of carbonyl (C=O) groups is 2. The average molecular weight is 434 g/mol. The van der Waals surface area contributed by atoms with Crippen LogP contribution in [0.25, 0.3) is 11.2 Å². The normalized spacial score (nSPS) is 11.9. The van der Waals surface area contributed by atoms with Gasteiger partial charge in [-0.2, -0.15) is 4.98 Å². The van der Waals surface area contributed by atoms with Crippen LogP contribution in [0.1, 0.15) is 23.7 Å². The van der Waals surface area contributed by atoms with Crippen molar-refractivity contribution >= 4 is 40.6 Å². The van der Waals surface area contributed by atoms with E-state index in [0.29, 0.717) is 17.9 Å². The van der Waals surface area contributed by atoms with Crippen LogP contribution >= 0.6 is 11.6 Å². The van der Waals surface area contributed by atoms with Crippen LogP contribution in [0.15, 0.2) is 41.5 Å². The summed E-state index contributed by atoms with van der Waals surface area (Å²) in [6.45, 7) is 1.29. The number of nitrogens with one attached hydrogen (secondary N) is 2. The van der Waals surface area contributed by atoms with E-state index < -0.39 is 17.6 Å². The van der Waals surface area contributed by atoms with Crippen molar-refractivity contribution in [1.82, 2.24) is 19.5 Å². The van der Waals surface area contributed by atoms with Gasteiger partial charge in [-0.15, -0.1) is 11.6 Å². The summed E-state index contributed by atoms with van der Waals surface area (Å²) >= 11 is 5.83. The van der Waals surface area contributed by atoms with Gasteiger partial charge in [0.1, 0.15) is 13.3 Å². The van der Waals surface area contributed by atoms with Crippen molar-refractivity contribution in [3.05, 3.63) is 52.6 Å². The Balaban J connectivity index is 1.65. The Hall–Kier alpha value is -3.24. The van der Waals surface area contributed by atoms with Crippen LogP contribution in [0, 0.1) is 0 Å². The molecule has 30 heavy (non-hydrogen) atoms. The molecule has 10 nitrogen and oxygen atoms in total. The molecule has 1 unspecified atom stereocenters. The number of carbonyl (C=O) groups excluding carboxylic acids is 2. The van der Waals surface area contributed by atoms with Gasteiger partial charge in [0.25, 0.3) is 5.56 Å². The monoisotopic (exact) mass is 433 g/mol. The number of aromatic amines is 1. The summed E-state index contributed by atoms with van der Waals surface area (Å²) in [6, 6.07) is 8.62. The molecule has 11 heteroatoms. The van der Waals surface area contributed by atoms with Gasteiger partial charge in [-0.3, -0.25) is 19.9 Å². The lowest BCUT2D eigenvalue weighted by Gasteiger charge is -2.17. The van der Waals surface area contributed by atoms with Crippen LogP contribution in [0.4, 0.5) is 5.95 Å². The van der Waals surface area contributed by atoms with Crippen molar-refractivity contribution in [2.24, 2.45) is 0 Å². The number of fused-ring (bicyclic) bond motifs is 1. The third-order valence-electron chi connectivity index (χ3n) is 4.07. The first-order valence-electron chi connectivity index (χ1n) is 9.10.